The maximum atomic E-state index is 11.3. The van der Waals surface area contributed by atoms with Crippen LogP contribution >= 0.6 is 11.6 Å². The van der Waals surface area contributed by atoms with Crippen LogP contribution in [0.25, 0.3) is 11.3 Å². The van der Waals surface area contributed by atoms with Gasteiger partial charge in [-0.05, 0) is 43.3 Å². The summed E-state index contributed by atoms with van der Waals surface area (Å²) in [6, 6.07) is 10.5. The number of hydrogen-bond acceptors (Lipinski definition) is 4. The number of ether oxygens (including phenoxy) is 1. The van der Waals surface area contributed by atoms with Crippen LogP contribution in [-0.2, 0) is 9.53 Å². The summed E-state index contributed by atoms with van der Waals surface area (Å²) in [7, 11) is 0. The molecule has 0 fully saturated rings. The Morgan fingerprint density at radius 2 is 2.00 bits per heavy atom. The van der Waals surface area contributed by atoms with E-state index in [9.17, 15) is 9.90 Å². The smallest absolute Gasteiger partial charge is 0.308 e. The Hall–Kier alpha value is -1.78. The van der Waals surface area contributed by atoms with Crippen LogP contribution in [0, 0.1) is 0 Å². The van der Waals surface area contributed by atoms with Crippen molar-refractivity contribution in [3.05, 3.63) is 47.2 Å². The molecule has 0 bridgehead atoms. The van der Waals surface area contributed by atoms with Crippen molar-refractivity contribution in [2.45, 2.75) is 19.4 Å². The first kappa shape index (κ1) is 14.6. The van der Waals surface area contributed by atoms with E-state index < -0.39 is 12.1 Å². The van der Waals surface area contributed by atoms with Gasteiger partial charge >= 0.3 is 5.97 Å². The Balaban J connectivity index is 2.08. The lowest BCUT2D eigenvalue weighted by Gasteiger charge is -2.07. The van der Waals surface area contributed by atoms with Gasteiger partial charge in [0.2, 0.25) is 0 Å². The molecular formula is C15H15ClO4. The van der Waals surface area contributed by atoms with Crippen LogP contribution in [-0.4, -0.2) is 17.7 Å². The first-order valence-electron chi connectivity index (χ1n) is 6.29. The van der Waals surface area contributed by atoms with Crippen LogP contribution in [0.1, 0.15) is 25.2 Å². The van der Waals surface area contributed by atoms with Crippen LogP contribution in [0.4, 0.5) is 0 Å². The molecule has 0 saturated carbocycles. The average molecular weight is 295 g/mol. The van der Waals surface area contributed by atoms with Crippen LogP contribution in [0.3, 0.4) is 0 Å². The third-order valence-corrected chi connectivity index (χ3v) is 3.00. The molecule has 0 saturated heterocycles. The molecule has 1 N–H and O–H groups in total. The van der Waals surface area contributed by atoms with Gasteiger partial charge in [-0.25, -0.2) is 0 Å². The molecule has 0 aliphatic carbocycles. The van der Waals surface area contributed by atoms with E-state index >= 15 is 0 Å². The van der Waals surface area contributed by atoms with E-state index in [2.05, 4.69) is 0 Å². The number of aliphatic hydroxyl groups excluding tert-OH is 1. The number of rotatable bonds is 5. The SMILES string of the molecule is CCOC(=O)C[C@H](O)c1ccc(-c2ccc(Cl)cc2)o1. The molecule has 2 rings (SSSR count). The molecule has 0 radical (unpaired) electrons. The minimum absolute atomic E-state index is 0.124. The van der Waals surface area contributed by atoms with Crippen molar-refractivity contribution in [3.63, 3.8) is 0 Å². The lowest BCUT2D eigenvalue weighted by Crippen LogP contribution is -2.09. The quantitative estimate of drug-likeness (QED) is 0.856. The molecule has 5 heteroatoms. The molecule has 0 aliphatic rings. The van der Waals surface area contributed by atoms with Crippen molar-refractivity contribution in [2.75, 3.05) is 6.61 Å². The standard InChI is InChI=1S/C15H15ClO4/c1-2-19-15(18)9-12(17)14-8-7-13(20-14)10-3-5-11(16)6-4-10/h3-8,12,17H,2,9H2,1H3/t12-/m0/s1. The summed E-state index contributed by atoms with van der Waals surface area (Å²) in [5, 5.41) is 10.5. The van der Waals surface area contributed by atoms with E-state index in [1.165, 1.54) is 0 Å². The van der Waals surface area contributed by atoms with Gasteiger partial charge in [-0.15, -0.1) is 0 Å². The average Bonchev–Trinajstić information content (AvgIpc) is 2.89. The van der Waals surface area contributed by atoms with E-state index in [-0.39, 0.29) is 6.42 Å². The molecule has 1 aromatic carbocycles. The third kappa shape index (κ3) is 3.62. The first-order valence-corrected chi connectivity index (χ1v) is 6.67. The summed E-state index contributed by atoms with van der Waals surface area (Å²) in [6.45, 7) is 2.01. The van der Waals surface area contributed by atoms with Crippen molar-refractivity contribution in [1.82, 2.24) is 0 Å². The predicted octanol–water partition coefficient (Wildman–Crippen LogP) is 3.59. The molecule has 0 aliphatic heterocycles. The molecule has 1 atom stereocenters. The van der Waals surface area contributed by atoms with Gasteiger partial charge in [-0.2, -0.15) is 0 Å². The Morgan fingerprint density at radius 1 is 1.30 bits per heavy atom. The van der Waals surface area contributed by atoms with E-state index in [1.54, 1.807) is 31.2 Å². The topological polar surface area (TPSA) is 59.7 Å². The second kappa shape index (κ2) is 6.59. The molecule has 0 spiro atoms. The minimum atomic E-state index is -1.00. The van der Waals surface area contributed by atoms with Gasteiger partial charge in [0, 0.05) is 10.6 Å². The Labute approximate surface area is 121 Å². The van der Waals surface area contributed by atoms with E-state index in [4.69, 9.17) is 20.8 Å². The molecule has 4 nitrogen and oxygen atoms in total. The van der Waals surface area contributed by atoms with E-state index in [1.807, 2.05) is 12.1 Å². The Kier molecular flexibility index (Phi) is 4.82. The maximum absolute atomic E-state index is 11.3. The van der Waals surface area contributed by atoms with Crippen molar-refractivity contribution in [2.24, 2.45) is 0 Å². The second-order valence-corrected chi connectivity index (χ2v) is 4.67. The van der Waals surface area contributed by atoms with Gasteiger partial charge in [-0.1, -0.05) is 11.6 Å². The van der Waals surface area contributed by atoms with Gasteiger partial charge in [0.1, 0.15) is 17.6 Å². The highest BCUT2D eigenvalue weighted by atomic mass is 35.5. The van der Waals surface area contributed by atoms with Crippen molar-refractivity contribution >= 4 is 17.6 Å². The number of carbonyl (C=O) groups is 1. The van der Waals surface area contributed by atoms with Gasteiger partial charge in [0.05, 0.1) is 13.0 Å². The van der Waals surface area contributed by atoms with Crippen molar-refractivity contribution in [1.29, 1.82) is 0 Å². The number of hydrogen-bond donors (Lipinski definition) is 1. The summed E-state index contributed by atoms with van der Waals surface area (Å²) in [4.78, 5) is 11.3. The van der Waals surface area contributed by atoms with Crippen molar-refractivity contribution in [3.8, 4) is 11.3 Å². The molecule has 1 aromatic heterocycles. The largest absolute Gasteiger partial charge is 0.466 e. The lowest BCUT2D eigenvalue weighted by molar-refractivity contribution is -0.145. The van der Waals surface area contributed by atoms with Gasteiger partial charge in [0.15, 0.2) is 0 Å². The fourth-order valence-corrected chi connectivity index (χ4v) is 1.91. The molecule has 0 amide bonds. The Morgan fingerprint density at radius 3 is 2.65 bits per heavy atom. The van der Waals surface area contributed by atoms with Gasteiger partial charge < -0.3 is 14.3 Å². The highest BCUT2D eigenvalue weighted by Crippen LogP contribution is 2.27. The van der Waals surface area contributed by atoms with Gasteiger partial charge in [0.25, 0.3) is 0 Å². The summed E-state index contributed by atoms with van der Waals surface area (Å²) >= 11 is 5.82. The van der Waals surface area contributed by atoms with Crippen LogP contribution in [0.5, 0.6) is 0 Å². The normalized spacial score (nSPS) is 12.2. The summed E-state index contributed by atoms with van der Waals surface area (Å²) in [6.07, 6.45) is -1.13. The molecule has 106 valence electrons. The van der Waals surface area contributed by atoms with Crippen LogP contribution < -0.4 is 0 Å². The fourth-order valence-electron chi connectivity index (χ4n) is 1.78. The number of carbonyl (C=O) groups excluding carboxylic acids is 1. The predicted molar refractivity (Wildman–Crippen MR) is 75.4 cm³/mol. The zero-order chi connectivity index (χ0) is 14.5. The maximum Gasteiger partial charge on any atom is 0.308 e. The highest BCUT2D eigenvalue weighted by molar-refractivity contribution is 6.30. The number of halogens is 1. The fraction of sp³-hybridized carbons (Fsp3) is 0.267. The van der Waals surface area contributed by atoms with E-state index in [0.717, 1.165) is 5.56 Å². The number of esters is 1. The second-order valence-electron chi connectivity index (χ2n) is 4.23. The first-order chi connectivity index (χ1) is 9.60. The summed E-state index contributed by atoms with van der Waals surface area (Å²) < 4.78 is 10.3. The summed E-state index contributed by atoms with van der Waals surface area (Å²) in [5.41, 5.74) is 0.851. The molecule has 1 heterocycles. The molecule has 0 unspecified atom stereocenters. The minimum Gasteiger partial charge on any atom is -0.466 e. The summed E-state index contributed by atoms with van der Waals surface area (Å²) in [5.74, 6) is 0.493. The lowest BCUT2D eigenvalue weighted by atomic mass is 10.2. The third-order valence-electron chi connectivity index (χ3n) is 2.75. The zero-order valence-corrected chi connectivity index (χ0v) is 11.8. The highest BCUT2D eigenvalue weighted by Gasteiger charge is 2.17. The van der Waals surface area contributed by atoms with Crippen molar-refractivity contribution < 1.29 is 19.1 Å². The van der Waals surface area contributed by atoms with Gasteiger partial charge in [-0.3, -0.25) is 4.79 Å². The number of aliphatic hydroxyl groups is 1. The molecular weight excluding hydrogens is 280 g/mol. The number of benzene rings is 1. The Bertz CT molecular complexity index is 574. The van der Waals surface area contributed by atoms with Crippen LogP contribution in [0.2, 0.25) is 5.02 Å². The van der Waals surface area contributed by atoms with Crippen LogP contribution in [0.15, 0.2) is 40.8 Å². The zero-order valence-electron chi connectivity index (χ0n) is 11.0. The van der Waals surface area contributed by atoms with E-state index in [0.29, 0.717) is 23.2 Å². The molecule has 2 aromatic rings. The monoisotopic (exact) mass is 294 g/mol. The molecule has 20 heavy (non-hydrogen) atoms. The number of furan rings is 1.